The zero-order valence-electron chi connectivity index (χ0n) is 19.5. The first-order chi connectivity index (χ1) is 17.9. The largest absolute Gasteiger partial charge is 0.457 e. The van der Waals surface area contributed by atoms with Gasteiger partial charge < -0.3 is 13.9 Å². The monoisotopic (exact) mass is 499 g/mol. The number of amides is 2. The molecular formula is C28H21NO8. The highest BCUT2D eigenvalue weighted by molar-refractivity contribution is 6.24. The number of Topliss-reactive ketones (excluding diaryl/α,β-unsaturated/α-hetero) is 1. The highest BCUT2D eigenvalue weighted by atomic mass is 16.5. The van der Waals surface area contributed by atoms with Gasteiger partial charge in [0, 0.05) is 5.56 Å². The van der Waals surface area contributed by atoms with E-state index in [0.717, 1.165) is 4.90 Å². The predicted octanol–water partition coefficient (Wildman–Crippen LogP) is 3.99. The number of fused-ring (bicyclic) bond motifs is 1. The summed E-state index contributed by atoms with van der Waals surface area (Å²) in [5.74, 6) is -3.32. The van der Waals surface area contributed by atoms with E-state index in [1.54, 1.807) is 18.2 Å². The molecule has 0 radical (unpaired) electrons. The molecule has 2 aromatic carbocycles. The molecule has 9 nitrogen and oxygen atoms in total. The first-order valence-electron chi connectivity index (χ1n) is 11.6. The Balaban J connectivity index is 1.23. The minimum atomic E-state index is -0.832. The van der Waals surface area contributed by atoms with Crippen molar-refractivity contribution in [3.05, 3.63) is 96.0 Å². The first-order valence-corrected chi connectivity index (χ1v) is 11.6. The molecule has 1 aliphatic heterocycles. The number of furan rings is 1. The van der Waals surface area contributed by atoms with Gasteiger partial charge in [0.1, 0.15) is 5.75 Å². The molecule has 2 unspecified atom stereocenters. The standard InChI is InChI=1S/C28H21NO8/c30-23(17-11-13-18(14-12-17)37-28(34)24-10-5-15-35-24)16-36-27(33)21-8-3-4-9-22(21)29-25(31)19-6-1-2-7-20(19)26(29)32/h1-5,8-15,19-20H,6-7,16H2. The van der Waals surface area contributed by atoms with Crippen molar-refractivity contribution in [3.8, 4) is 5.75 Å². The molecule has 2 heterocycles. The van der Waals surface area contributed by atoms with Crippen LogP contribution in [0.3, 0.4) is 0 Å². The Morgan fingerprint density at radius 1 is 0.838 bits per heavy atom. The minimum Gasteiger partial charge on any atom is -0.457 e. The van der Waals surface area contributed by atoms with E-state index in [0.29, 0.717) is 12.8 Å². The molecule has 0 bridgehead atoms. The van der Waals surface area contributed by atoms with Crippen molar-refractivity contribution in [2.24, 2.45) is 11.8 Å². The van der Waals surface area contributed by atoms with Crippen molar-refractivity contribution in [1.82, 2.24) is 0 Å². The molecule has 0 N–H and O–H groups in total. The molecule has 1 aliphatic carbocycles. The zero-order valence-corrected chi connectivity index (χ0v) is 19.5. The van der Waals surface area contributed by atoms with Crippen LogP contribution in [0.25, 0.3) is 0 Å². The van der Waals surface area contributed by atoms with Crippen molar-refractivity contribution < 1.29 is 37.9 Å². The maximum atomic E-state index is 13.0. The fourth-order valence-corrected chi connectivity index (χ4v) is 4.43. The average Bonchev–Trinajstić information content (AvgIpc) is 3.55. The number of ketones is 1. The molecular weight excluding hydrogens is 478 g/mol. The van der Waals surface area contributed by atoms with Gasteiger partial charge in [-0.05, 0) is 61.4 Å². The lowest BCUT2D eigenvalue weighted by atomic mass is 9.85. The summed E-state index contributed by atoms with van der Waals surface area (Å²) in [7, 11) is 0. The summed E-state index contributed by atoms with van der Waals surface area (Å²) in [6, 6.07) is 14.9. The van der Waals surface area contributed by atoms with Crippen LogP contribution >= 0.6 is 0 Å². The minimum absolute atomic E-state index is 0.0174. The second kappa shape index (κ2) is 10.1. The highest BCUT2D eigenvalue weighted by Crippen LogP contribution is 2.38. The highest BCUT2D eigenvalue weighted by Gasteiger charge is 2.48. The number of carbonyl (C=O) groups is 5. The fourth-order valence-electron chi connectivity index (χ4n) is 4.43. The van der Waals surface area contributed by atoms with Crippen molar-refractivity contribution >= 4 is 35.2 Å². The Morgan fingerprint density at radius 3 is 2.16 bits per heavy atom. The summed E-state index contributed by atoms with van der Waals surface area (Å²) in [6.07, 6.45) is 6.08. The van der Waals surface area contributed by atoms with Gasteiger partial charge in [-0.2, -0.15) is 0 Å². The summed E-state index contributed by atoms with van der Waals surface area (Å²) in [4.78, 5) is 64.4. The van der Waals surface area contributed by atoms with Gasteiger partial charge in [0.2, 0.25) is 17.6 Å². The Bertz CT molecular complexity index is 1380. The summed E-state index contributed by atoms with van der Waals surface area (Å²) in [6.45, 7) is -0.560. The van der Waals surface area contributed by atoms with Gasteiger partial charge >= 0.3 is 11.9 Å². The quantitative estimate of drug-likeness (QED) is 0.157. The number of benzene rings is 2. The molecule has 1 fully saturated rings. The number of hydrogen-bond donors (Lipinski definition) is 0. The summed E-state index contributed by atoms with van der Waals surface area (Å²) >= 11 is 0. The lowest BCUT2D eigenvalue weighted by molar-refractivity contribution is -0.122. The number of rotatable bonds is 7. The van der Waals surface area contributed by atoms with Crippen LogP contribution in [0.15, 0.2) is 83.5 Å². The van der Waals surface area contributed by atoms with Crippen LogP contribution in [0.1, 0.15) is 44.1 Å². The van der Waals surface area contributed by atoms with E-state index in [-0.39, 0.29) is 40.1 Å². The molecule has 37 heavy (non-hydrogen) atoms. The van der Waals surface area contributed by atoms with Gasteiger partial charge in [-0.25, -0.2) is 14.5 Å². The molecule has 5 rings (SSSR count). The Kier molecular flexibility index (Phi) is 6.51. The fraction of sp³-hybridized carbons (Fsp3) is 0.179. The number of anilines is 1. The first kappa shape index (κ1) is 23.9. The summed E-state index contributed by atoms with van der Waals surface area (Å²) in [5.41, 5.74) is 0.399. The van der Waals surface area contributed by atoms with E-state index >= 15 is 0 Å². The van der Waals surface area contributed by atoms with Gasteiger partial charge in [-0.3, -0.25) is 14.4 Å². The van der Waals surface area contributed by atoms with Crippen LogP contribution in [0.4, 0.5) is 5.69 Å². The van der Waals surface area contributed by atoms with Gasteiger partial charge in [-0.1, -0.05) is 24.3 Å². The molecule has 1 saturated heterocycles. The van der Waals surface area contributed by atoms with Gasteiger partial charge in [-0.15, -0.1) is 0 Å². The molecule has 0 spiro atoms. The lowest BCUT2D eigenvalue weighted by Gasteiger charge is -2.18. The number of allylic oxidation sites excluding steroid dienone is 2. The molecule has 2 atom stereocenters. The second-order valence-electron chi connectivity index (χ2n) is 8.58. The topological polar surface area (TPSA) is 120 Å². The van der Waals surface area contributed by atoms with Crippen molar-refractivity contribution in [3.63, 3.8) is 0 Å². The van der Waals surface area contributed by atoms with Crippen LogP contribution in [-0.4, -0.2) is 36.1 Å². The molecule has 9 heteroatoms. The summed E-state index contributed by atoms with van der Waals surface area (Å²) < 4.78 is 15.4. The van der Waals surface area contributed by atoms with E-state index in [1.165, 1.54) is 48.7 Å². The van der Waals surface area contributed by atoms with Crippen molar-refractivity contribution in [1.29, 1.82) is 0 Å². The molecule has 186 valence electrons. The van der Waals surface area contributed by atoms with E-state index in [9.17, 15) is 24.0 Å². The summed E-state index contributed by atoms with van der Waals surface area (Å²) in [5, 5.41) is 0. The van der Waals surface area contributed by atoms with Crippen LogP contribution in [-0.2, 0) is 14.3 Å². The number of ether oxygens (including phenoxy) is 2. The number of hydrogen-bond acceptors (Lipinski definition) is 8. The van der Waals surface area contributed by atoms with Crippen molar-refractivity contribution in [2.75, 3.05) is 11.5 Å². The Hall–Kier alpha value is -4.79. The molecule has 1 aromatic heterocycles. The van der Waals surface area contributed by atoms with Crippen LogP contribution < -0.4 is 9.64 Å². The maximum absolute atomic E-state index is 13.0. The Morgan fingerprint density at radius 2 is 1.51 bits per heavy atom. The van der Waals surface area contributed by atoms with E-state index in [1.807, 2.05) is 12.2 Å². The van der Waals surface area contributed by atoms with E-state index in [4.69, 9.17) is 13.9 Å². The number of imide groups is 1. The number of carbonyl (C=O) groups excluding carboxylic acids is 5. The third kappa shape index (κ3) is 4.71. The van der Waals surface area contributed by atoms with Gasteiger partial charge in [0.05, 0.1) is 29.3 Å². The van der Waals surface area contributed by atoms with Gasteiger partial charge in [0.15, 0.2) is 12.4 Å². The molecule has 2 aliphatic rings. The Labute approximate surface area is 211 Å². The smallest absolute Gasteiger partial charge is 0.379 e. The van der Waals surface area contributed by atoms with Gasteiger partial charge in [0.25, 0.3) is 0 Å². The van der Waals surface area contributed by atoms with Crippen LogP contribution in [0.2, 0.25) is 0 Å². The average molecular weight is 499 g/mol. The normalized spacial score (nSPS) is 18.4. The maximum Gasteiger partial charge on any atom is 0.379 e. The molecule has 2 amide bonds. The number of nitrogens with zero attached hydrogens (tertiary/aromatic N) is 1. The van der Waals surface area contributed by atoms with Crippen LogP contribution in [0, 0.1) is 11.8 Å². The number of esters is 2. The predicted molar refractivity (Wildman–Crippen MR) is 129 cm³/mol. The van der Waals surface area contributed by atoms with Crippen LogP contribution in [0.5, 0.6) is 5.75 Å². The van der Waals surface area contributed by atoms with E-state index in [2.05, 4.69) is 0 Å². The van der Waals surface area contributed by atoms with Crippen molar-refractivity contribution in [2.45, 2.75) is 12.8 Å². The number of para-hydroxylation sites is 1. The third-order valence-corrected chi connectivity index (χ3v) is 6.32. The van der Waals surface area contributed by atoms with E-state index < -0.39 is 36.2 Å². The molecule has 3 aromatic rings. The molecule has 0 saturated carbocycles. The SMILES string of the molecule is O=C(COC(=O)c1ccccc1N1C(=O)C2CC=CCC2C1=O)c1ccc(OC(=O)c2ccco2)cc1. The third-order valence-electron chi connectivity index (χ3n) is 6.32. The lowest BCUT2D eigenvalue weighted by Crippen LogP contribution is -2.32. The second-order valence-corrected chi connectivity index (χ2v) is 8.58. The zero-order chi connectivity index (χ0) is 25.9.